The lowest BCUT2D eigenvalue weighted by atomic mass is 9.98. The Morgan fingerprint density at radius 2 is 1.54 bits per heavy atom. The minimum atomic E-state index is -4.62. The number of anilines is 1. The van der Waals surface area contributed by atoms with Crippen LogP contribution in [0.2, 0.25) is 0 Å². The van der Waals surface area contributed by atoms with Crippen molar-refractivity contribution in [2.24, 2.45) is 0 Å². The lowest BCUT2D eigenvalue weighted by Crippen LogP contribution is -2.12. The number of alkyl halides is 6. The van der Waals surface area contributed by atoms with Crippen molar-refractivity contribution >= 4 is 22.4 Å². The van der Waals surface area contributed by atoms with Crippen LogP contribution in [-0.2, 0) is 12.4 Å². The number of amides is 1. The molecule has 0 saturated carbocycles. The van der Waals surface area contributed by atoms with Gasteiger partial charge in [-0.3, -0.25) is 10.1 Å². The highest BCUT2D eigenvalue weighted by atomic mass is 32.1. The Kier molecular flexibility index (Phi) is 5.16. The first-order chi connectivity index (χ1) is 13.1. The van der Waals surface area contributed by atoms with Crippen LogP contribution in [0.1, 0.15) is 21.6 Å². The Hall–Kier alpha value is -2.88. The van der Waals surface area contributed by atoms with Crippen LogP contribution < -0.4 is 5.32 Å². The number of nitrogens with one attached hydrogen (secondary N) is 1. The molecule has 0 atom stereocenters. The van der Waals surface area contributed by atoms with Gasteiger partial charge in [0.25, 0.3) is 5.91 Å². The molecular formula is C18H10F6N2OS. The molecule has 1 aromatic heterocycles. The van der Waals surface area contributed by atoms with Crippen molar-refractivity contribution in [3.05, 3.63) is 70.7 Å². The number of carbonyl (C=O) groups excluding carboxylic acids is 1. The zero-order valence-electron chi connectivity index (χ0n) is 13.7. The number of hydrogen-bond acceptors (Lipinski definition) is 3. The monoisotopic (exact) mass is 416 g/mol. The molecule has 10 heteroatoms. The summed E-state index contributed by atoms with van der Waals surface area (Å²) in [4.78, 5) is 15.4. The van der Waals surface area contributed by atoms with Gasteiger partial charge in [0.05, 0.1) is 5.56 Å². The zero-order chi connectivity index (χ0) is 20.5. The second-order valence-electron chi connectivity index (χ2n) is 5.61. The summed E-state index contributed by atoms with van der Waals surface area (Å²) in [7, 11) is 0. The molecule has 0 aliphatic rings. The fourth-order valence-corrected chi connectivity index (χ4v) is 3.13. The van der Waals surface area contributed by atoms with Crippen LogP contribution in [-0.4, -0.2) is 10.9 Å². The summed E-state index contributed by atoms with van der Waals surface area (Å²) in [5.41, 5.74) is -1.66. The molecule has 0 aliphatic carbocycles. The smallest absolute Gasteiger partial charge is 0.298 e. The van der Waals surface area contributed by atoms with Crippen molar-refractivity contribution in [1.82, 2.24) is 4.98 Å². The standard InChI is InChI=1S/C18H10F6N2OS/c19-17(20,21)13-4-2-1-3-12(13)10-5-7-11(8-6-10)15(27)26-16-25-14(9-28-16)18(22,23)24/h1-9H,(H,25,26,27). The summed E-state index contributed by atoms with van der Waals surface area (Å²) in [6.45, 7) is 0. The van der Waals surface area contributed by atoms with E-state index in [9.17, 15) is 31.1 Å². The van der Waals surface area contributed by atoms with E-state index >= 15 is 0 Å². The molecule has 146 valence electrons. The van der Waals surface area contributed by atoms with Crippen molar-refractivity contribution in [2.45, 2.75) is 12.4 Å². The Morgan fingerprint density at radius 3 is 2.11 bits per heavy atom. The van der Waals surface area contributed by atoms with Crippen molar-refractivity contribution < 1.29 is 31.1 Å². The molecule has 3 rings (SSSR count). The van der Waals surface area contributed by atoms with E-state index in [-0.39, 0.29) is 21.8 Å². The van der Waals surface area contributed by atoms with Crippen LogP contribution in [0, 0.1) is 0 Å². The van der Waals surface area contributed by atoms with Gasteiger partial charge < -0.3 is 0 Å². The Morgan fingerprint density at radius 1 is 0.893 bits per heavy atom. The van der Waals surface area contributed by atoms with Crippen molar-refractivity contribution in [1.29, 1.82) is 0 Å². The van der Waals surface area contributed by atoms with Crippen LogP contribution in [0.3, 0.4) is 0 Å². The Bertz CT molecular complexity index is 992. The van der Waals surface area contributed by atoms with Crippen LogP contribution >= 0.6 is 11.3 Å². The van der Waals surface area contributed by atoms with Gasteiger partial charge in [-0.25, -0.2) is 4.98 Å². The lowest BCUT2D eigenvalue weighted by molar-refractivity contribution is -0.140. The SMILES string of the molecule is O=C(Nc1nc(C(F)(F)F)cs1)c1ccc(-c2ccccc2C(F)(F)F)cc1. The van der Waals surface area contributed by atoms with Gasteiger partial charge in [-0.15, -0.1) is 11.3 Å². The van der Waals surface area contributed by atoms with Crippen molar-refractivity contribution in [2.75, 3.05) is 5.32 Å². The normalized spacial score (nSPS) is 12.1. The van der Waals surface area contributed by atoms with E-state index < -0.39 is 29.5 Å². The minimum absolute atomic E-state index is 0.0447. The second kappa shape index (κ2) is 7.27. The maximum atomic E-state index is 13.1. The van der Waals surface area contributed by atoms with E-state index in [0.29, 0.717) is 11.3 Å². The maximum absolute atomic E-state index is 13.1. The molecule has 3 aromatic rings. The lowest BCUT2D eigenvalue weighted by Gasteiger charge is -2.13. The van der Waals surface area contributed by atoms with Gasteiger partial charge in [0.2, 0.25) is 0 Å². The molecule has 1 heterocycles. The largest absolute Gasteiger partial charge is 0.434 e. The van der Waals surface area contributed by atoms with E-state index in [1.54, 1.807) is 0 Å². The van der Waals surface area contributed by atoms with Gasteiger partial charge in [0, 0.05) is 10.9 Å². The van der Waals surface area contributed by atoms with Crippen molar-refractivity contribution in [3.8, 4) is 11.1 Å². The van der Waals surface area contributed by atoms with E-state index in [0.717, 1.165) is 11.4 Å². The number of nitrogens with zero attached hydrogens (tertiary/aromatic N) is 1. The third-order valence-electron chi connectivity index (χ3n) is 3.71. The first-order valence-corrected chi connectivity index (χ1v) is 8.54. The third kappa shape index (κ3) is 4.33. The molecule has 0 unspecified atom stereocenters. The predicted molar refractivity (Wildman–Crippen MR) is 91.9 cm³/mol. The predicted octanol–water partition coefficient (Wildman–Crippen LogP) is 6.10. The van der Waals surface area contributed by atoms with Gasteiger partial charge in [-0.2, -0.15) is 26.3 Å². The molecule has 3 nitrogen and oxygen atoms in total. The van der Waals surface area contributed by atoms with E-state index in [1.807, 2.05) is 0 Å². The summed E-state index contributed by atoms with van der Waals surface area (Å²) in [6, 6.07) is 10.3. The minimum Gasteiger partial charge on any atom is -0.298 e. The number of hydrogen-bond donors (Lipinski definition) is 1. The van der Waals surface area contributed by atoms with Crippen LogP contribution in [0.25, 0.3) is 11.1 Å². The van der Waals surface area contributed by atoms with E-state index in [2.05, 4.69) is 10.3 Å². The molecular weight excluding hydrogens is 406 g/mol. The number of halogens is 6. The van der Waals surface area contributed by atoms with Crippen molar-refractivity contribution in [3.63, 3.8) is 0 Å². The molecule has 1 amide bonds. The molecule has 28 heavy (non-hydrogen) atoms. The Labute approximate surface area is 158 Å². The van der Waals surface area contributed by atoms with Gasteiger partial charge in [-0.1, -0.05) is 30.3 Å². The second-order valence-corrected chi connectivity index (χ2v) is 6.47. The average molecular weight is 416 g/mol. The molecule has 0 spiro atoms. The molecule has 0 bridgehead atoms. The summed E-state index contributed by atoms with van der Waals surface area (Å²) >= 11 is 0.616. The highest BCUT2D eigenvalue weighted by Gasteiger charge is 2.34. The summed E-state index contributed by atoms with van der Waals surface area (Å²) in [5, 5.41) is 2.77. The van der Waals surface area contributed by atoms with Gasteiger partial charge in [-0.05, 0) is 29.3 Å². The summed E-state index contributed by atoms with van der Waals surface area (Å²) < 4.78 is 77.0. The fraction of sp³-hybridized carbons (Fsp3) is 0.111. The average Bonchev–Trinajstić information content (AvgIpc) is 3.10. The molecule has 0 radical (unpaired) electrons. The van der Waals surface area contributed by atoms with Gasteiger partial charge in [0.15, 0.2) is 10.8 Å². The number of benzene rings is 2. The maximum Gasteiger partial charge on any atom is 0.434 e. The molecule has 0 fully saturated rings. The molecule has 0 saturated heterocycles. The highest BCUT2D eigenvalue weighted by Crippen LogP contribution is 2.37. The molecule has 1 N–H and O–H groups in total. The zero-order valence-corrected chi connectivity index (χ0v) is 14.5. The number of aromatic nitrogens is 1. The molecule has 0 aliphatic heterocycles. The van der Waals surface area contributed by atoms with E-state index in [4.69, 9.17) is 0 Å². The van der Waals surface area contributed by atoms with E-state index in [1.165, 1.54) is 42.5 Å². The van der Waals surface area contributed by atoms with Crippen LogP contribution in [0.15, 0.2) is 53.9 Å². The number of thiazole rings is 1. The summed E-state index contributed by atoms with van der Waals surface area (Å²) in [6.07, 6.45) is -9.15. The topological polar surface area (TPSA) is 42.0 Å². The van der Waals surface area contributed by atoms with Gasteiger partial charge >= 0.3 is 12.4 Å². The number of rotatable bonds is 3. The first-order valence-electron chi connectivity index (χ1n) is 7.66. The first kappa shape index (κ1) is 19.9. The quantitative estimate of drug-likeness (QED) is 0.524. The van der Waals surface area contributed by atoms with Gasteiger partial charge in [0.1, 0.15) is 0 Å². The van der Waals surface area contributed by atoms with Crippen LogP contribution in [0.4, 0.5) is 31.5 Å². The summed E-state index contributed by atoms with van der Waals surface area (Å²) in [5.74, 6) is -0.723. The molecule has 2 aromatic carbocycles. The highest BCUT2D eigenvalue weighted by molar-refractivity contribution is 7.14. The Balaban J connectivity index is 1.80. The van der Waals surface area contributed by atoms with Crippen LogP contribution in [0.5, 0.6) is 0 Å². The number of carbonyl (C=O) groups is 1. The third-order valence-corrected chi connectivity index (χ3v) is 4.46. The fourth-order valence-electron chi connectivity index (χ4n) is 2.41.